The van der Waals surface area contributed by atoms with Crippen molar-refractivity contribution in [3.8, 4) is 0 Å². The Morgan fingerprint density at radius 2 is 2.18 bits per heavy atom. The average Bonchev–Trinajstić information content (AvgIpc) is 3.64. The maximum absolute atomic E-state index is 13.1. The number of morpholine rings is 1. The Morgan fingerprint density at radius 1 is 1.38 bits per heavy atom. The van der Waals surface area contributed by atoms with Crippen LogP contribution in [0.15, 0.2) is 16.9 Å². The van der Waals surface area contributed by atoms with E-state index in [1.807, 2.05) is 6.92 Å². The number of carbonyl (C=O) groups is 4. The van der Waals surface area contributed by atoms with Gasteiger partial charge in [0.1, 0.15) is 18.6 Å². The van der Waals surface area contributed by atoms with Gasteiger partial charge in [-0.15, -0.1) is 16.9 Å². The van der Waals surface area contributed by atoms with Gasteiger partial charge in [-0.2, -0.15) is 0 Å². The van der Waals surface area contributed by atoms with E-state index >= 15 is 0 Å². The first-order chi connectivity index (χ1) is 18.7. The molecule has 0 aliphatic carbocycles. The molecule has 3 saturated heterocycles. The molecule has 4 aliphatic heterocycles. The summed E-state index contributed by atoms with van der Waals surface area (Å²) in [5.41, 5.74) is 5.71. The van der Waals surface area contributed by atoms with Crippen LogP contribution in [0.4, 0.5) is 0 Å². The third-order valence-corrected chi connectivity index (χ3v) is 9.32. The molecule has 1 aromatic heterocycles. The second kappa shape index (κ2) is 11.2. The smallest absolute Gasteiger partial charge is 0.353 e. The van der Waals surface area contributed by atoms with Crippen LogP contribution in [0.25, 0.3) is 0 Å². The van der Waals surface area contributed by atoms with Crippen molar-refractivity contribution < 1.29 is 29.0 Å². The van der Waals surface area contributed by atoms with Crippen LogP contribution in [0.2, 0.25) is 0 Å². The van der Waals surface area contributed by atoms with Crippen LogP contribution in [-0.4, -0.2) is 121 Å². The van der Waals surface area contributed by atoms with Crippen molar-refractivity contribution >= 4 is 35.5 Å². The SMILES string of the molecule is C[C@H](NC(=O)Cn1cnnn1)[C@H]1C(=O)N2C(C(=O)O)=C(S[C@@H]3CN[C@H](C(=O)N4CCO[C@H](CN)C4)C3)[C@H](C)[C@H]12. The number of thioether (sulfide) groups is 1. The van der Waals surface area contributed by atoms with Crippen molar-refractivity contribution in [3.63, 3.8) is 0 Å². The van der Waals surface area contributed by atoms with E-state index in [4.69, 9.17) is 10.5 Å². The lowest BCUT2D eigenvalue weighted by molar-refractivity contribution is -0.158. The van der Waals surface area contributed by atoms with Gasteiger partial charge >= 0.3 is 5.97 Å². The van der Waals surface area contributed by atoms with Gasteiger partial charge in [-0.05, 0) is 23.8 Å². The van der Waals surface area contributed by atoms with Crippen LogP contribution in [-0.2, 0) is 30.5 Å². The zero-order valence-corrected chi connectivity index (χ0v) is 22.5. The Morgan fingerprint density at radius 3 is 2.87 bits per heavy atom. The molecule has 5 N–H and O–H groups in total. The zero-order valence-electron chi connectivity index (χ0n) is 21.7. The summed E-state index contributed by atoms with van der Waals surface area (Å²) in [4.78, 5) is 54.7. The number of carboxylic acid groups (broad SMARTS) is 1. The zero-order chi connectivity index (χ0) is 27.8. The summed E-state index contributed by atoms with van der Waals surface area (Å²) in [5, 5.41) is 26.8. The van der Waals surface area contributed by atoms with E-state index in [2.05, 4.69) is 26.2 Å². The Labute approximate surface area is 228 Å². The van der Waals surface area contributed by atoms with E-state index < -0.39 is 17.9 Å². The lowest BCUT2D eigenvalue weighted by Gasteiger charge is -2.47. The molecule has 16 heteroatoms. The van der Waals surface area contributed by atoms with Crippen LogP contribution >= 0.6 is 11.8 Å². The molecular weight excluding hydrogens is 530 g/mol. The summed E-state index contributed by atoms with van der Waals surface area (Å²) >= 11 is 1.43. The number of carbonyl (C=O) groups excluding carboxylic acids is 3. The number of aromatic nitrogens is 4. The number of fused-ring (bicyclic) bond motifs is 1. The number of nitrogens with one attached hydrogen (secondary N) is 2. The van der Waals surface area contributed by atoms with Gasteiger partial charge in [0.25, 0.3) is 0 Å². The average molecular weight is 564 g/mol. The number of nitrogens with zero attached hydrogens (tertiary/aromatic N) is 6. The van der Waals surface area contributed by atoms with Crippen molar-refractivity contribution in [3.05, 3.63) is 16.9 Å². The van der Waals surface area contributed by atoms with E-state index in [0.717, 1.165) is 0 Å². The molecule has 7 atom stereocenters. The van der Waals surface area contributed by atoms with Crippen molar-refractivity contribution in [1.29, 1.82) is 0 Å². The molecule has 4 aliphatic rings. The first-order valence-corrected chi connectivity index (χ1v) is 13.9. The highest BCUT2D eigenvalue weighted by Crippen LogP contribution is 2.51. The number of carboxylic acids is 1. The molecule has 3 amide bonds. The maximum Gasteiger partial charge on any atom is 0.353 e. The van der Waals surface area contributed by atoms with Crippen LogP contribution in [0.3, 0.4) is 0 Å². The summed E-state index contributed by atoms with van der Waals surface area (Å²) in [6, 6.07) is -1.25. The van der Waals surface area contributed by atoms with E-state index in [-0.39, 0.29) is 59.3 Å². The molecule has 212 valence electrons. The van der Waals surface area contributed by atoms with Crippen molar-refractivity contribution in [2.75, 3.05) is 32.8 Å². The largest absolute Gasteiger partial charge is 0.477 e. The molecule has 0 spiro atoms. The molecule has 15 nitrogen and oxygen atoms in total. The third kappa shape index (κ3) is 5.25. The van der Waals surface area contributed by atoms with Gasteiger partial charge in [-0.1, -0.05) is 6.92 Å². The molecule has 3 fully saturated rings. The number of hydrogen-bond donors (Lipinski definition) is 4. The number of amides is 3. The number of hydrogen-bond acceptors (Lipinski definition) is 11. The normalized spacial score (nSPS) is 31.2. The van der Waals surface area contributed by atoms with E-state index in [0.29, 0.717) is 44.1 Å². The van der Waals surface area contributed by atoms with E-state index in [1.165, 1.54) is 27.7 Å². The topological polar surface area (TPSA) is 198 Å². The van der Waals surface area contributed by atoms with Crippen LogP contribution in [0, 0.1) is 11.8 Å². The van der Waals surface area contributed by atoms with Gasteiger partial charge in [0.15, 0.2) is 0 Å². The van der Waals surface area contributed by atoms with Gasteiger partial charge in [-0.25, -0.2) is 9.48 Å². The second-order valence-corrected chi connectivity index (χ2v) is 11.7. The van der Waals surface area contributed by atoms with Crippen LogP contribution < -0.4 is 16.4 Å². The standard InChI is InChI=1S/C23H33N9O6S/c1-11-18-17(12(2)27-16(33)9-31-10-26-28-29-31)22(35)32(18)19(23(36)37)20(11)39-14-5-15(25-7-14)21(34)30-3-4-38-13(6-24)8-30/h10-15,17-18,25H,3-9,24H2,1-2H3,(H,27,33)(H,36,37)/t11-,12+,13-,14+,15+,17-,18-/m1/s1. The summed E-state index contributed by atoms with van der Waals surface area (Å²) in [5.74, 6) is -2.63. The molecular formula is C23H33N9O6S. The fourth-order valence-corrected chi connectivity index (χ4v) is 7.41. The van der Waals surface area contributed by atoms with Gasteiger partial charge in [-0.3, -0.25) is 14.4 Å². The minimum atomic E-state index is -1.16. The number of nitrogens with two attached hydrogens (primary N) is 1. The molecule has 5 rings (SSSR count). The number of ether oxygens (including phenoxy) is 1. The number of tetrazole rings is 1. The molecule has 1 aromatic rings. The maximum atomic E-state index is 13.1. The molecule has 0 unspecified atom stereocenters. The molecule has 0 saturated carbocycles. The highest BCUT2D eigenvalue weighted by Gasteiger charge is 2.60. The van der Waals surface area contributed by atoms with Crippen molar-refractivity contribution in [1.82, 2.24) is 40.6 Å². The lowest BCUT2D eigenvalue weighted by atomic mass is 9.78. The van der Waals surface area contributed by atoms with Gasteiger partial charge in [0, 0.05) is 48.3 Å². The highest BCUT2D eigenvalue weighted by molar-refractivity contribution is 8.03. The minimum Gasteiger partial charge on any atom is -0.477 e. The summed E-state index contributed by atoms with van der Waals surface area (Å²) in [6.07, 6.45) is 1.70. The van der Waals surface area contributed by atoms with Crippen LogP contribution in [0.1, 0.15) is 20.3 Å². The first kappa shape index (κ1) is 27.5. The molecule has 0 radical (unpaired) electrons. The lowest BCUT2D eigenvalue weighted by Crippen LogP contribution is -2.66. The predicted molar refractivity (Wildman–Crippen MR) is 137 cm³/mol. The molecule has 39 heavy (non-hydrogen) atoms. The Balaban J connectivity index is 1.22. The van der Waals surface area contributed by atoms with Crippen molar-refractivity contribution in [2.45, 2.75) is 56.3 Å². The van der Waals surface area contributed by atoms with Crippen LogP contribution in [0.5, 0.6) is 0 Å². The fraction of sp³-hybridized carbons (Fsp3) is 0.696. The molecule has 0 aromatic carbocycles. The monoisotopic (exact) mass is 563 g/mol. The summed E-state index contributed by atoms with van der Waals surface area (Å²) in [7, 11) is 0. The molecule has 0 bridgehead atoms. The van der Waals surface area contributed by atoms with E-state index in [9.17, 15) is 24.3 Å². The number of rotatable bonds is 9. The fourth-order valence-electron chi connectivity index (χ4n) is 5.93. The summed E-state index contributed by atoms with van der Waals surface area (Å²) in [6.45, 7) is 5.89. The quantitative estimate of drug-likeness (QED) is 0.233. The van der Waals surface area contributed by atoms with Gasteiger partial charge in [0.05, 0.1) is 30.7 Å². The number of aliphatic carboxylic acids is 1. The Hall–Kier alpha value is -3.08. The molecule has 5 heterocycles. The van der Waals surface area contributed by atoms with E-state index in [1.54, 1.807) is 11.8 Å². The minimum absolute atomic E-state index is 0.000269. The third-order valence-electron chi connectivity index (χ3n) is 7.81. The van der Waals surface area contributed by atoms with Gasteiger partial charge in [0.2, 0.25) is 17.7 Å². The predicted octanol–water partition coefficient (Wildman–Crippen LogP) is -2.40. The summed E-state index contributed by atoms with van der Waals surface area (Å²) < 4.78 is 6.84. The Bertz CT molecular complexity index is 1160. The van der Waals surface area contributed by atoms with Gasteiger partial charge < -0.3 is 36.0 Å². The Kier molecular flexibility index (Phi) is 7.89. The van der Waals surface area contributed by atoms with Crippen molar-refractivity contribution in [2.24, 2.45) is 17.6 Å². The second-order valence-electron chi connectivity index (χ2n) is 10.3. The first-order valence-electron chi connectivity index (χ1n) is 13.0. The number of β-lactam (4-membered cyclic amide) rings is 1. The highest BCUT2D eigenvalue weighted by atomic mass is 32.2.